The van der Waals surface area contributed by atoms with Gasteiger partial charge in [-0.25, -0.2) is 0 Å². The first-order valence-corrected chi connectivity index (χ1v) is 6.91. The van der Waals surface area contributed by atoms with Crippen LogP contribution in [0.25, 0.3) is 10.9 Å². The number of rotatable bonds is 5. The van der Waals surface area contributed by atoms with Gasteiger partial charge in [0.15, 0.2) is 0 Å². The van der Waals surface area contributed by atoms with Crippen LogP contribution in [0.2, 0.25) is 0 Å². The number of nitrogens with zero attached hydrogens (tertiary/aromatic N) is 1. The molecule has 102 valence electrons. The highest BCUT2D eigenvalue weighted by Crippen LogP contribution is 2.15. The predicted octanol–water partition coefficient (Wildman–Crippen LogP) is 3.19. The molecule has 0 unspecified atom stereocenters. The van der Waals surface area contributed by atoms with Crippen molar-refractivity contribution in [2.45, 2.75) is 39.8 Å². The molecule has 1 aromatic heterocycles. The predicted molar refractivity (Wildman–Crippen MR) is 79.0 cm³/mol. The van der Waals surface area contributed by atoms with Gasteiger partial charge in [-0.2, -0.15) is 0 Å². The summed E-state index contributed by atoms with van der Waals surface area (Å²) < 4.78 is 2.13. The van der Waals surface area contributed by atoms with E-state index in [2.05, 4.69) is 41.9 Å². The number of hydrogen-bond donors (Lipinski definition) is 1. The summed E-state index contributed by atoms with van der Waals surface area (Å²) in [5.41, 5.74) is 1.19. The second-order valence-corrected chi connectivity index (χ2v) is 5.42. The largest absolute Gasteiger partial charge is 0.353 e. The van der Waals surface area contributed by atoms with Crippen LogP contribution >= 0.6 is 0 Å². The first-order valence-electron chi connectivity index (χ1n) is 6.91. The lowest BCUT2D eigenvalue weighted by molar-refractivity contribution is -0.122. The number of amides is 1. The highest BCUT2D eigenvalue weighted by atomic mass is 16.1. The number of fused-ring (bicyclic) bond motifs is 1. The minimum absolute atomic E-state index is 0.124. The highest BCUT2D eigenvalue weighted by molar-refractivity contribution is 5.80. The second kappa shape index (κ2) is 5.91. The zero-order chi connectivity index (χ0) is 13.8. The molecular weight excluding hydrogens is 236 g/mol. The van der Waals surface area contributed by atoms with Gasteiger partial charge in [0.2, 0.25) is 5.91 Å². The zero-order valence-electron chi connectivity index (χ0n) is 11.9. The molecule has 0 aliphatic rings. The van der Waals surface area contributed by atoms with Gasteiger partial charge in [0.05, 0.1) is 0 Å². The summed E-state index contributed by atoms with van der Waals surface area (Å²) in [5.74, 6) is 0.593. The molecule has 2 rings (SSSR count). The molecule has 1 N–H and O–H groups in total. The third-order valence-corrected chi connectivity index (χ3v) is 3.65. The number of aryl methyl sites for hydroxylation is 1. The van der Waals surface area contributed by atoms with Crippen LogP contribution in [0.4, 0.5) is 0 Å². The van der Waals surface area contributed by atoms with Crippen LogP contribution in [0, 0.1) is 5.92 Å². The van der Waals surface area contributed by atoms with Crippen LogP contribution in [0.15, 0.2) is 36.5 Å². The molecule has 0 spiro atoms. The van der Waals surface area contributed by atoms with Gasteiger partial charge in [0.1, 0.15) is 0 Å². The summed E-state index contributed by atoms with van der Waals surface area (Å²) in [7, 11) is 0. The maximum atomic E-state index is 11.9. The second-order valence-electron chi connectivity index (χ2n) is 5.42. The van der Waals surface area contributed by atoms with Crippen LogP contribution in [0.5, 0.6) is 0 Å². The normalized spacial score (nSPS) is 12.8. The third-order valence-electron chi connectivity index (χ3n) is 3.65. The number of aromatic nitrogens is 1. The molecule has 0 radical (unpaired) electrons. The topological polar surface area (TPSA) is 34.0 Å². The van der Waals surface area contributed by atoms with Crippen LogP contribution in [-0.2, 0) is 11.3 Å². The Labute approximate surface area is 114 Å². The van der Waals surface area contributed by atoms with E-state index in [4.69, 9.17) is 0 Å². The van der Waals surface area contributed by atoms with Crippen molar-refractivity contribution in [1.29, 1.82) is 0 Å². The Bertz CT molecular complexity index is 557. The van der Waals surface area contributed by atoms with E-state index in [0.29, 0.717) is 12.3 Å². The standard InChI is InChI=1S/C16H22N2O/c1-12(2)13(3)17-16(19)9-11-18-10-8-14-6-4-5-7-15(14)18/h4-8,10,12-13H,9,11H2,1-3H3,(H,17,19)/t13-/m1/s1. The number of carbonyl (C=O) groups excluding carboxylic acids is 1. The fourth-order valence-electron chi connectivity index (χ4n) is 2.05. The van der Waals surface area contributed by atoms with Crippen molar-refractivity contribution in [3.63, 3.8) is 0 Å². The van der Waals surface area contributed by atoms with E-state index in [0.717, 1.165) is 6.54 Å². The molecule has 1 amide bonds. The summed E-state index contributed by atoms with van der Waals surface area (Å²) in [6.45, 7) is 7.01. The molecular formula is C16H22N2O. The summed E-state index contributed by atoms with van der Waals surface area (Å²) >= 11 is 0. The Morgan fingerprint density at radius 1 is 1.21 bits per heavy atom. The van der Waals surface area contributed by atoms with Gasteiger partial charge in [-0.15, -0.1) is 0 Å². The van der Waals surface area contributed by atoms with Crippen LogP contribution in [0.3, 0.4) is 0 Å². The first kappa shape index (κ1) is 13.7. The van der Waals surface area contributed by atoms with Gasteiger partial charge in [0.25, 0.3) is 0 Å². The summed E-state index contributed by atoms with van der Waals surface area (Å²) in [6, 6.07) is 10.6. The molecule has 0 aliphatic heterocycles. The van der Waals surface area contributed by atoms with E-state index in [-0.39, 0.29) is 11.9 Å². The number of para-hydroxylation sites is 1. The molecule has 2 aromatic rings. The van der Waals surface area contributed by atoms with Crippen molar-refractivity contribution in [2.75, 3.05) is 0 Å². The first-order chi connectivity index (χ1) is 9.08. The van der Waals surface area contributed by atoms with Crippen LogP contribution < -0.4 is 5.32 Å². The van der Waals surface area contributed by atoms with E-state index in [1.807, 2.05) is 25.3 Å². The molecule has 0 aliphatic carbocycles. The lowest BCUT2D eigenvalue weighted by Gasteiger charge is -2.17. The van der Waals surface area contributed by atoms with E-state index >= 15 is 0 Å². The van der Waals surface area contributed by atoms with Crippen molar-refractivity contribution in [3.05, 3.63) is 36.5 Å². The maximum Gasteiger partial charge on any atom is 0.222 e. The summed E-state index contributed by atoms with van der Waals surface area (Å²) in [5, 5.41) is 4.26. The van der Waals surface area contributed by atoms with E-state index < -0.39 is 0 Å². The number of hydrogen-bond acceptors (Lipinski definition) is 1. The molecule has 0 saturated carbocycles. The molecule has 0 saturated heterocycles. The summed E-state index contributed by atoms with van der Waals surface area (Å²) in [4.78, 5) is 11.9. The molecule has 3 nitrogen and oxygen atoms in total. The molecule has 0 fully saturated rings. The Balaban J connectivity index is 1.94. The van der Waals surface area contributed by atoms with Crippen molar-refractivity contribution in [1.82, 2.24) is 9.88 Å². The maximum absolute atomic E-state index is 11.9. The van der Waals surface area contributed by atoms with E-state index in [1.54, 1.807) is 0 Å². The van der Waals surface area contributed by atoms with Crippen LogP contribution in [0.1, 0.15) is 27.2 Å². The Kier molecular flexibility index (Phi) is 4.25. The molecule has 19 heavy (non-hydrogen) atoms. The molecule has 1 aromatic carbocycles. The fraction of sp³-hybridized carbons (Fsp3) is 0.438. The van der Waals surface area contributed by atoms with Gasteiger partial charge in [0, 0.05) is 30.7 Å². The van der Waals surface area contributed by atoms with E-state index in [9.17, 15) is 4.79 Å². The number of nitrogens with one attached hydrogen (secondary N) is 1. The van der Waals surface area contributed by atoms with Crippen molar-refractivity contribution < 1.29 is 4.79 Å². The lowest BCUT2D eigenvalue weighted by Crippen LogP contribution is -2.36. The summed E-state index contributed by atoms with van der Waals surface area (Å²) in [6.07, 6.45) is 2.57. The minimum atomic E-state index is 0.124. The van der Waals surface area contributed by atoms with Crippen molar-refractivity contribution in [2.24, 2.45) is 5.92 Å². The lowest BCUT2D eigenvalue weighted by atomic mass is 10.1. The van der Waals surface area contributed by atoms with Gasteiger partial charge in [-0.1, -0.05) is 32.0 Å². The van der Waals surface area contributed by atoms with Gasteiger partial charge >= 0.3 is 0 Å². The Morgan fingerprint density at radius 2 is 1.95 bits per heavy atom. The Morgan fingerprint density at radius 3 is 2.68 bits per heavy atom. The number of benzene rings is 1. The molecule has 0 bridgehead atoms. The minimum Gasteiger partial charge on any atom is -0.353 e. The molecule has 3 heteroatoms. The van der Waals surface area contributed by atoms with E-state index in [1.165, 1.54) is 10.9 Å². The van der Waals surface area contributed by atoms with Crippen molar-refractivity contribution in [3.8, 4) is 0 Å². The SMILES string of the molecule is CC(C)[C@@H](C)NC(=O)CCn1ccc2ccccc21. The average molecular weight is 258 g/mol. The molecule has 1 atom stereocenters. The smallest absolute Gasteiger partial charge is 0.222 e. The number of carbonyl (C=O) groups is 1. The van der Waals surface area contributed by atoms with Gasteiger partial charge in [-0.3, -0.25) is 4.79 Å². The van der Waals surface area contributed by atoms with Gasteiger partial charge < -0.3 is 9.88 Å². The van der Waals surface area contributed by atoms with Gasteiger partial charge in [-0.05, 0) is 30.4 Å². The highest BCUT2D eigenvalue weighted by Gasteiger charge is 2.10. The monoisotopic (exact) mass is 258 g/mol. The van der Waals surface area contributed by atoms with Crippen LogP contribution in [-0.4, -0.2) is 16.5 Å². The third kappa shape index (κ3) is 3.37. The van der Waals surface area contributed by atoms with Crippen molar-refractivity contribution >= 4 is 16.8 Å². The molecule has 1 heterocycles. The quantitative estimate of drug-likeness (QED) is 0.878. The fourth-order valence-corrected chi connectivity index (χ4v) is 2.05. The Hall–Kier alpha value is -1.77. The zero-order valence-corrected chi connectivity index (χ0v) is 11.9. The average Bonchev–Trinajstić information content (AvgIpc) is 2.79.